The van der Waals surface area contributed by atoms with Crippen LogP contribution in [0.4, 0.5) is 5.69 Å². The lowest BCUT2D eigenvalue weighted by Gasteiger charge is -2.38. The zero-order valence-corrected chi connectivity index (χ0v) is 23.8. The first-order chi connectivity index (χ1) is 19.8. The first-order valence-electron chi connectivity index (χ1n) is 14.5. The van der Waals surface area contributed by atoms with Gasteiger partial charge in [0.2, 0.25) is 11.8 Å². The molecule has 2 aromatic rings. The molecule has 4 heterocycles. The summed E-state index contributed by atoms with van der Waals surface area (Å²) in [7, 11) is 0. The number of hydrogen-bond acceptors (Lipinski definition) is 5. The number of rotatable bonds is 6. The van der Waals surface area contributed by atoms with E-state index in [1.54, 1.807) is 9.80 Å². The van der Waals surface area contributed by atoms with Gasteiger partial charge in [0.05, 0.1) is 30.6 Å². The van der Waals surface area contributed by atoms with Gasteiger partial charge in [-0.15, -0.1) is 0 Å². The van der Waals surface area contributed by atoms with Crippen LogP contribution in [-0.2, 0) is 25.7 Å². The first kappa shape index (κ1) is 27.4. The van der Waals surface area contributed by atoms with Gasteiger partial charge >= 0.3 is 0 Å². The van der Waals surface area contributed by atoms with Crippen LogP contribution in [0.5, 0.6) is 0 Å². The molecule has 8 nitrogen and oxygen atoms in total. The van der Waals surface area contributed by atoms with Crippen molar-refractivity contribution in [3.8, 4) is 0 Å². The Morgan fingerprint density at radius 3 is 2.37 bits per heavy atom. The fourth-order valence-electron chi connectivity index (χ4n) is 7.31. The minimum absolute atomic E-state index is 0.159. The molecule has 8 heteroatoms. The zero-order chi connectivity index (χ0) is 28.9. The van der Waals surface area contributed by atoms with Crippen molar-refractivity contribution in [2.45, 2.75) is 57.5 Å². The molecule has 2 saturated heterocycles. The second kappa shape index (κ2) is 10.6. The highest BCUT2D eigenvalue weighted by molar-refractivity contribution is 6.06. The van der Waals surface area contributed by atoms with E-state index in [1.165, 1.54) is 4.90 Å². The SMILES string of the molecule is CC[C@@H](CO)N1C(=O)[C@@H]2[C@H]3C(=O)N(Cc4ccccc4)CC=C[C@H]3O[C@@]23C=CCN(c2c(C)cccc2C)C(=O)C13. The Bertz CT molecular complexity index is 1400. The normalized spacial score (nSPS) is 29.8. The highest BCUT2D eigenvalue weighted by Crippen LogP contribution is 2.54. The summed E-state index contributed by atoms with van der Waals surface area (Å²) in [4.78, 5) is 48.3. The first-order valence-corrected chi connectivity index (χ1v) is 14.5. The van der Waals surface area contributed by atoms with Crippen molar-refractivity contribution in [2.24, 2.45) is 11.8 Å². The van der Waals surface area contributed by atoms with Crippen molar-refractivity contribution in [3.63, 3.8) is 0 Å². The average Bonchev–Trinajstić information content (AvgIpc) is 3.29. The number of fused-ring (bicyclic) bond motifs is 2. The van der Waals surface area contributed by atoms with Crippen molar-refractivity contribution in [1.82, 2.24) is 9.80 Å². The highest BCUT2D eigenvalue weighted by atomic mass is 16.5. The molecule has 1 spiro atoms. The minimum atomic E-state index is -1.33. The number of hydrogen-bond donors (Lipinski definition) is 1. The Labute approximate surface area is 240 Å². The summed E-state index contributed by atoms with van der Waals surface area (Å²) in [6, 6.07) is 14.1. The fourth-order valence-corrected chi connectivity index (χ4v) is 7.31. The Kier molecular flexibility index (Phi) is 7.08. The van der Waals surface area contributed by atoms with E-state index in [-0.39, 0.29) is 24.3 Å². The van der Waals surface area contributed by atoms with Crippen LogP contribution in [0.15, 0.2) is 72.8 Å². The van der Waals surface area contributed by atoms with Crippen LogP contribution in [-0.4, -0.2) is 76.1 Å². The summed E-state index contributed by atoms with van der Waals surface area (Å²) >= 11 is 0. The van der Waals surface area contributed by atoms with Gasteiger partial charge in [0, 0.05) is 25.3 Å². The molecule has 0 aromatic heterocycles. The molecule has 3 amide bonds. The molecular weight excluding hydrogens is 518 g/mol. The predicted octanol–water partition coefficient (Wildman–Crippen LogP) is 3.16. The van der Waals surface area contributed by atoms with Crippen LogP contribution in [0.1, 0.15) is 30.0 Å². The third kappa shape index (κ3) is 4.23. The number of amides is 3. The largest absolute Gasteiger partial charge is 0.394 e. The summed E-state index contributed by atoms with van der Waals surface area (Å²) in [5.74, 6) is -2.40. The van der Waals surface area contributed by atoms with Crippen molar-refractivity contribution in [1.29, 1.82) is 0 Å². The Hall–Kier alpha value is -3.75. The van der Waals surface area contributed by atoms with E-state index >= 15 is 0 Å². The van der Waals surface area contributed by atoms with E-state index in [0.717, 1.165) is 22.4 Å². The number of ether oxygens (including phenoxy) is 1. The molecule has 214 valence electrons. The fraction of sp³-hybridized carbons (Fsp3) is 0.424. The Morgan fingerprint density at radius 1 is 0.951 bits per heavy atom. The van der Waals surface area contributed by atoms with Gasteiger partial charge in [-0.3, -0.25) is 14.4 Å². The van der Waals surface area contributed by atoms with E-state index in [0.29, 0.717) is 26.1 Å². The lowest BCUT2D eigenvalue weighted by molar-refractivity contribution is -0.147. The number of nitrogens with zero attached hydrogens (tertiary/aromatic N) is 3. The number of likely N-dealkylation sites (tertiary alicyclic amines) is 1. The maximum absolute atomic E-state index is 14.6. The van der Waals surface area contributed by atoms with Gasteiger partial charge in [-0.05, 0) is 37.0 Å². The average molecular weight is 556 g/mol. The number of benzene rings is 2. The molecule has 1 unspecified atom stereocenters. The van der Waals surface area contributed by atoms with Crippen molar-refractivity contribution in [3.05, 3.63) is 89.5 Å². The van der Waals surface area contributed by atoms with Crippen LogP contribution in [0.25, 0.3) is 0 Å². The highest BCUT2D eigenvalue weighted by Gasteiger charge is 2.72. The van der Waals surface area contributed by atoms with Gasteiger partial charge < -0.3 is 24.5 Å². The standard InChI is InChI=1S/C33H37N3O5/c1-4-24(20-37)36-29-32(40)35(28-21(2)11-8-12-22(28)3)18-10-16-33(29)27(31(36)39)26-25(41-33)15-9-17-34(30(26)38)19-23-13-6-5-7-14-23/h5-16,24-27,29,37H,4,17-20H2,1-3H3/t24-,25+,26-,27-,29?,33-/m0/s1. The van der Waals surface area contributed by atoms with Gasteiger partial charge in [0.25, 0.3) is 5.91 Å². The third-order valence-corrected chi connectivity index (χ3v) is 9.18. The lowest BCUT2D eigenvalue weighted by atomic mass is 9.77. The van der Waals surface area contributed by atoms with Gasteiger partial charge in [-0.25, -0.2) is 0 Å². The van der Waals surface area contributed by atoms with E-state index in [9.17, 15) is 19.5 Å². The molecule has 4 aliphatic rings. The van der Waals surface area contributed by atoms with Crippen molar-refractivity contribution >= 4 is 23.4 Å². The number of para-hydroxylation sites is 1. The number of anilines is 1. The quantitative estimate of drug-likeness (QED) is 0.553. The second-order valence-corrected chi connectivity index (χ2v) is 11.6. The summed E-state index contributed by atoms with van der Waals surface area (Å²) in [6.45, 7) is 6.68. The molecule has 4 aliphatic heterocycles. The van der Waals surface area contributed by atoms with Gasteiger partial charge in [0.15, 0.2) is 0 Å². The maximum Gasteiger partial charge on any atom is 0.253 e. The monoisotopic (exact) mass is 555 g/mol. The molecule has 2 fully saturated rings. The molecular formula is C33H37N3O5. The van der Waals surface area contributed by atoms with Crippen LogP contribution < -0.4 is 4.90 Å². The smallest absolute Gasteiger partial charge is 0.253 e. The number of carbonyl (C=O) groups excluding carboxylic acids is 3. The Balaban J connectivity index is 1.44. The van der Waals surface area contributed by atoms with Crippen LogP contribution in [0.3, 0.4) is 0 Å². The number of aryl methyl sites for hydroxylation is 2. The van der Waals surface area contributed by atoms with E-state index in [1.807, 2.05) is 93.6 Å². The van der Waals surface area contributed by atoms with Crippen LogP contribution in [0.2, 0.25) is 0 Å². The molecule has 0 saturated carbocycles. The van der Waals surface area contributed by atoms with E-state index in [4.69, 9.17) is 4.74 Å². The Morgan fingerprint density at radius 2 is 1.68 bits per heavy atom. The number of aliphatic hydroxyl groups excluding tert-OH is 1. The molecule has 1 N–H and O–H groups in total. The summed E-state index contributed by atoms with van der Waals surface area (Å²) in [6.07, 6.45) is 7.38. The molecule has 2 aromatic carbocycles. The molecule has 41 heavy (non-hydrogen) atoms. The predicted molar refractivity (Wildman–Crippen MR) is 155 cm³/mol. The second-order valence-electron chi connectivity index (χ2n) is 11.6. The molecule has 0 aliphatic carbocycles. The molecule has 6 rings (SSSR count). The minimum Gasteiger partial charge on any atom is -0.394 e. The maximum atomic E-state index is 14.6. The van der Waals surface area contributed by atoms with Gasteiger partial charge in [0.1, 0.15) is 11.6 Å². The lowest BCUT2D eigenvalue weighted by Crippen LogP contribution is -2.58. The number of carbonyl (C=O) groups is 3. The van der Waals surface area contributed by atoms with E-state index < -0.39 is 35.6 Å². The molecule has 6 atom stereocenters. The summed E-state index contributed by atoms with van der Waals surface area (Å²) in [5.41, 5.74) is 2.39. The molecule has 0 bridgehead atoms. The van der Waals surface area contributed by atoms with Crippen molar-refractivity contribution in [2.75, 3.05) is 24.6 Å². The van der Waals surface area contributed by atoms with Gasteiger partial charge in [-0.2, -0.15) is 0 Å². The van der Waals surface area contributed by atoms with Crippen LogP contribution in [0, 0.1) is 25.7 Å². The van der Waals surface area contributed by atoms with Crippen LogP contribution >= 0.6 is 0 Å². The summed E-state index contributed by atoms with van der Waals surface area (Å²) < 4.78 is 6.75. The third-order valence-electron chi connectivity index (χ3n) is 9.18. The van der Waals surface area contributed by atoms with Gasteiger partial charge in [-0.1, -0.05) is 79.8 Å². The summed E-state index contributed by atoms with van der Waals surface area (Å²) in [5, 5.41) is 10.4. The number of aliphatic hydroxyl groups is 1. The van der Waals surface area contributed by atoms with E-state index in [2.05, 4.69) is 0 Å². The topological polar surface area (TPSA) is 90.4 Å². The molecule has 0 radical (unpaired) electrons. The van der Waals surface area contributed by atoms with Crippen molar-refractivity contribution < 1.29 is 24.2 Å². The zero-order valence-electron chi connectivity index (χ0n) is 23.8.